The Hall–Kier alpha value is -2.93. The lowest BCUT2D eigenvalue weighted by molar-refractivity contribution is -0.139. The van der Waals surface area contributed by atoms with Gasteiger partial charge in [-0.1, -0.05) is 30.3 Å². The van der Waals surface area contributed by atoms with Gasteiger partial charge in [0.1, 0.15) is 5.82 Å². The number of rotatable bonds is 8. The molecule has 2 amide bonds. The molecular weight excluding hydrogens is 383 g/mol. The van der Waals surface area contributed by atoms with Crippen LogP contribution < -0.4 is 15.5 Å². The van der Waals surface area contributed by atoms with Crippen molar-refractivity contribution in [2.45, 2.75) is 12.8 Å². The van der Waals surface area contributed by atoms with Crippen molar-refractivity contribution in [3.8, 4) is 0 Å². The Kier molecular flexibility index (Phi) is 8.20. The van der Waals surface area contributed by atoms with Crippen LogP contribution in [0.15, 0.2) is 54.6 Å². The summed E-state index contributed by atoms with van der Waals surface area (Å²) in [6.07, 6.45) is 1.49. The highest BCUT2D eigenvalue weighted by Crippen LogP contribution is 2.16. The summed E-state index contributed by atoms with van der Waals surface area (Å²) in [5.41, 5.74) is 2.17. The SMILES string of the molecule is O=C(NCCCN1CCN(c2ccc(F)cc2)CC1)C(=O)NCCc1ccccc1. The Morgan fingerprint density at radius 3 is 2.13 bits per heavy atom. The van der Waals surface area contributed by atoms with E-state index in [4.69, 9.17) is 0 Å². The second-order valence-electron chi connectivity index (χ2n) is 7.41. The van der Waals surface area contributed by atoms with Crippen LogP contribution in [0, 0.1) is 5.82 Å². The van der Waals surface area contributed by atoms with Crippen molar-refractivity contribution in [2.75, 3.05) is 50.7 Å². The number of carbonyl (C=O) groups is 2. The molecule has 0 spiro atoms. The first-order valence-electron chi connectivity index (χ1n) is 10.4. The zero-order chi connectivity index (χ0) is 21.2. The van der Waals surface area contributed by atoms with Crippen LogP contribution in [0.2, 0.25) is 0 Å². The van der Waals surface area contributed by atoms with Crippen molar-refractivity contribution in [1.82, 2.24) is 15.5 Å². The molecule has 0 radical (unpaired) electrons. The minimum atomic E-state index is -0.584. The molecule has 1 saturated heterocycles. The van der Waals surface area contributed by atoms with Crippen molar-refractivity contribution < 1.29 is 14.0 Å². The monoisotopic (exact) mass is 412 g/mol. The molecule has 2 aromatic rings. The highest BCUT2D eigenvalue weighted by molar-refractivity contribution is 6.35. The fraction of sp³-hybridized carbons (Fsp3) is 0.391. The minimum Gasteiger partial charge on any atom is -0.369 e. The summed E-state index contributed by atoms with van der Waals surface area (Å²) in [7, 11) is 0. The Balaban J connectivity index is 1.25. The average molecular weight is 413 g/mol. The molecule has 0 bridgehead atoms. The van der Waals surface area contributed by atoms with E-state index in [1.807, 2.05) is 42.5 Å². The number of hydrogen-bond acceptors (Lipinski definition) is 4. The predicted octanol–water partition coefficient (Wildman–Crippen LogP) is 1.81. The van der Waals surface area contributed by atoms with Crippen LogP contribution >= 0.6 is 0 Å². The van der Waals surface area contributed by atoms with E-state index in [9.17, 15) is 14.0 Å². The first-order chi connectivity index (χ1) is 14.6. The van der Waals surface area contributed by atoms with Crippen LogP contribution in [0.1, 0.15) is 12.0 Å². The Labute approximate surface area is 177 Å². The molecule has 3 rings (SSSR count). The van der Waals surface area contributed by atoms with E-state index in [0.717, 1.165) is 50.4 Å². The van der Waals surface area contributed by atoms with E-state index in [2.05, 4.69) is 20.4 Å². The van der Waals surface area contributed by atoms with Crippen molar-refractivity contribution in [1.29, 1.82) is 0 Å². The lowest BCUT2D eigenvalue weighted by Crippen LogP contribution is -2.47. The van der Waals surface area contributed by atoms with E-state index < -0.39 is 11.8 Å². The van der Waals surface area contributed by atoms with Crippen molar-refractivity contribution in [3.05, 3.63) is 66.0 Å². The van der Waals surface area contributed by atoms with Gasteiger partial charge < -0.3 is 15.5 Å². The molecular formula is C23H29FN4O2. The average Bonchev–Trinajstić information content (AvgIpc) is 2.78. The third kappa shape index (κ3) is 6.84. The smallest absolute Gasteiger partial charge is 0.309 e. The molecule has 0 unspecified atom stereocenters. The fourth-order valence-electron chi connectivity index (χ4n) is 3.51. The van der Waals surface area contributed by atoms with Gasteiger partial charge in [0.05, 0.1) is 0 Å². The quantitative estimate of drug-likeness (QED) is 0.513. The van der Waals surface area contributed by atoms with Crippen LogP contribution in [-0.4, -0.2) is 62.5 Å². The van der Waals surface area contributed by atoms with Crippen molar-refractivity contribution >= 4 is 17.5 Å². The Bertz CT molecular complexity index is 806. The molecule has 0 aliphatic carbocycles. The van der Waals surface area contributed by atoms with E-state index >= 15 is 0 Å². The topological polar surface area (TPSA) is 64.7 Å². The second kappa shape index (κ2) is 11.3. The molecule has 0 atom stereocenters. The van der Waals surface area contributed by atoms with Gasteiger partial charge in [0.2, 0.25) is 0 Å². The maximum atomic E-state index is 13.0. The minimum absolute atomic E-state index is 0.218. The van der Waals surface area contributed by atoms with Crippen LogP contribution in [-0.2, 0) is 16.0 Å². The van der Waals surface area contributed by atoms with Crippen LogP contribution in [0.5, 0.6) is 0 Å². The fourth-order valence-corrected chi connectivity index (χ4v) is 3.51. The van der Waals surface area contributed by atoms with Crippen molar-refractivity contribution in [2.24, 2.45) is 0 Å². The molecule has 1 aliphatic heterocycles. The van der Waals surface area contributed by atoms with Gasteiger partial charge in [-0.25, -0.2) is 4.39 Å². The van der Waals surface area contributed by atoms with E-state index in [1.54, 1.807) is 0 Å². The van der Waals surface area contributed by atoms with Gasteiger partial charge in [0, 0.05) is 45.0 Å². The molecule has 160 valence electrons. The van der Waals surface area contributed by atoms with Crippen LogP contribution in [0.25, 0.3) is 0 Å². The third-order valence-electron chi connectivity index (χ3n) is 5.25. The Morgan fingerprint density at radius 1 is 0.833 bits per heavy atom. The van der Waals surface area contributed by atoms with Gasteiger partial charge in [0.15, 0.2) is 0 Å². The van der Waals surface area contributed by atoms with Gasteiger partial charge in [-0.05, 0) is 49.2 Å². The Morgan fingerprint density at radius 2 is 1.47 bits per heavy atom. The summed E-state index contributed by atoms with van der Waals surface area (Å²) in [6.45, 7) is 5.41. The molecule has 1 fully saturated rings. The van der Waals surface area contributed by atoms with E-state index in [-0.39, 0.29) is 5.82 Å². The van der Waals surface area contributed by atoms with Crippen molar-refractivity contribution in [3.63, 3.8) is 0 Å². The number of benzene rings is 2. The normalized spacial score (nSPS) is 14.4. The molecule has 30 heavy (non-hydrogen) atoms. The number of nitrogens with one attached hydrogen (secondary N) is 2. The summed E-state index contributed by atoms with van der Waals surface area (Å²) >= 11 is 0. The molecule has 6 nitrogen and oxygen atoms in total. The van der Waals surface area contributed by atoms with Gasteiger partial charge in [0.25, 0.3) is 0 Å². The number of nitrogens with zero attached hydrogens (tertiary/aromatic N) is 2. The molecule has 0 saturated carbocycles. The molecule has 2 aromatic carbocycles. The molecule has 0 aromatic heterocycles. The summed E-state index contributed by atoms with van der Waals surface area (Å²) in [6, 6.07) is 16.4. The maximum Gasteiger partial charge on any atom is 0.309 e. The number of piperazine rings is 1. The number of carbonyl (C=O) groups excluding carboxylic acids is 2. The summed E-state index contributed by atoms with van der Waals surface area (Å²) in [4.78, 5) is 28.3. The first-order valence-corrected chi connectivity index (χ1v) is 10.4. The lowest BCUT2D eigenvalue weighted by Gasteiger charge is -2.36. The lowest BCUT2D eigenvalue weighted by atomic mass is 10.1. The van der Waals surface area contributed by atoms with Crippen LogP contribution in [0.4, 0.5) is 10.1 Å². The van der Waals surface area contributed by atoms with Gasteiger partial charge in [-0.3, -0.25) is 14.5 Å². The van der Waals surface area contributed by atoms with Gasteiger partial charge >= 0.3 is 11.8 Å². The zero-order valence-corrected chi connectivity index (χ0v) is 17.1. The summed E-state index contributed by atoms with van der Waals surface area (Å²) < 4.78 is 13.0. The van der Waals surface area contributed by atoms with E-state index in [1.165, 1.54) is 12.1 Å². The van der Waals surface area contributed by atoms with E-state index in [0.29, 0.717) is 19.5 Å². The van der Waals surface area contributed by atoms with Gasteiger partial charge in [-0.2, -0.15) is 0 Å². The summed E-state index contributed by atoms with van der Waals surface area (Å²) in [5.74, 6) is -1.38. The first kappa shape index (κ1) is 21.8. The summed E-state index contributed by atoms with van der Waals surface area (Å²) in [5, 5.41) is 5.34. The number of anilines is 1. The zero-order valence-electron chi connectivity index (χ0n) is 17.1. The number of halogens is 1. The van der Waals surface area contributed by atoms with Gasteiger partial charge in [-0.15, -0.1) is 0 Å². The van der Waals surface area contributed by atoms with Crippen LogP contribution in [0.3, 0.4) is 0 Å². The second-order valence-corrected chi connectivity index (χ2v) is 7.41. The number of hydrogen-bond donors (Lipinski definition) is 2. The third-order valence-corrected chi connectivity index (χ3v) is 5.25. The predicted molar refractivity (Wildman–Crippen MR) is 116 cm³/mol. The molecule has 7 heteroatoms. The standard InChI is InChI=1S/C23H29FN4O2/c24-20-7-9-21(10-8-20)28-17-15-27(16-18-28)14-4-12-25-22(29)23(30)26-13-11-19-5-2-1-3-6-19/h1-3,5-10H,4,11-18H2,(H,25,29)(H,26,30). The molecule has 1 heterocycles. The molecule has 1 aliphatic rings. The highest BCUT2D eigenvalue weighted by Gasteiger charge is 2.17. The number of amides is 2. The maximum absolute atomic E-state index is 13.0. The molecule has 2 N–H and O–H groups in total. The highest BCUT2D eigenvalue weighted by atomic mass is 19.1. The largest absolute Gasteiger partial charge is 0.369 e.